The van der Waals surface area contributed by atoms with Crippen molar-refractivity contribution in [1.82, 2.24) is 25.5 Å². The number of carbonyl (C=O) groups excluding carboxylic acids is 1. The zero-order valence-electron chi connectivity index (χ0n) is 16.8. The van der Waals surface area contributed by atoms with Crippen LogP contribution in [0.3, 0.4) is 0 Å². The summed E-state index contributed by atoms with van der Waals surface area (Å²) in [5.41, 5.74) is 2.37. The highest BCUT2D eigenvalue weighted by Crippen LogP contribution is 2.61. The Kier molecular flexibility index (Phi) is 4.25. The number of hydrogen-bond donors (Lipinski definition) is 1. The van der Waals surface area contributed by atoms with Gasteiger partial charge in [-0.05, 0) is 86.3 Å². The van der Waals surface area contributed by atoms with Crippen molar-refractivity contribution < 1.29 is 4.79 Å². The van der Waals surface area contributed by atoms with Crippen molar-refractivity contribution in [3.8, 4) is 11.4 Å². The first-order chi connectivity index (χ1) is 13.5. The lowest BCUT2D eigenvalue weighted by Crippen LogP contribution is -2.56. The van der Waals surface area contributed by atoms with Crippen LogP contribution >= 0.6 is 0 Å². The normalized spacial score (nSPS) is 31.7. The molecule has 1 heterocycles. The van der Waals surface area contributed by atoms with E-state index in [1.165, 1.54) is 43.3 Å². The summed E-state index contributed by atoms with van der Waals surface area (Å²) in [6.07, 6.45) is 8.14. The predicted octanol–water partition coefficient (Wildman–Crippen LogP) is 3.37. The van der Waals surface area contributed by atoms with Gasteiger partial charge in [-0.3, -0.25) is 4.79 Å². The second-order valence-electron chi connectivity index (χ2n) is 9.53. The summed E-state index contributed by atoms with van der Waals surface area (Å²) in [5, 5.41) is 15.9. The van der Waals surface area contributed by atoms with Gasteiger partial charge in [0.25, 0.3) is 0 Å². The van der Waals surface area contributed by atoms with Gasteiger partial charge in [0.2, 0.25) is 11.7 Å². The summed E-state index contributed by atoms with van der Waals surface area (Å²) in [5.74, 6) is 3.22. The third kappa shape index (κ3) is 3.12. The molecule has 0 saturated heterocycles. The number of aromatic nitrogens is 4. The van der Waals surface area contributed by atoms with Crippen LogP contribution < -0.4 is 5.32 Å². The fourth-order valence-corrected chi connectivity index (χ4v) is 6.52. The molecule has 4 bridgehead atoms. The Morgan fingerprint density at radius 3 is 2.46 bits per heavy atom. The average molecular weight is 380 g/mol. The van der Waals surface area contributed by atoms with Crippen molar-refractivity contribution >= 4 is 5.91 Å². The smallest absolute Gasteiger partial charge is 0.243 e. The summed E-state index contributed by atoms with van der Waals surface area (Å²) >= 11 is 0. The van der Waals surface area contributed by atoms with E-state index < -0.39 is 0 Å². The Bertz CT molecular complexity index is 853. The van der Waals surface area contributed by atoms with Crippen LogP contribution in [0, 0.1) is 30.1 Å². The second kappa shape index (κ2) is 6.68. The highest BCUT2D eigenvalue weighted by molar-refractivity contribution is 5.76. The van der Waals surface area contributed by atoms with Crippen LogP contribution in [0.15, 0.2) is 24.3 Å². The Morgan fingerprint density at radius 1 is 1.18 bits per heavy atom. The van der Waals surface area contributed by atoms with Crippen molar-refractivity contribution in [2.75, 3.05) is 0 Å². The number of hydrogen-bond acceptors (Lipinski definition) is 4. The highest BCUT2D eigenvalue weighted by atomic mass is 16.2. The molecular formula is C22H29N5O. The maximum Gasteiger partial charge on any atom is 0.243 e. The Labute approximate surface area is 166 Å². The van der Waals surface area contributed by atoms with Gasteiger partial charge in [-0.1, -0.05) is 24.3 Å². The van der Waals surface area contributed by atoms with Crippen LogP contribution in [0.25, 0.3) is 11.4 Å². The topological polar surface area (TPSA) is 72.7 Å². The first kappa shape index (κ1) is 17.8. The molecule has 28 heavy (non-hydrogen) atoms. The van der Waals surface area contributed by atoms with Crippen LogP contribution in [0.4, 0.5) is 0 Å². The third-order valence-electron chi connectivity index (χ3n) is 7.51. The van der Waals surface area contributed by atoms with E-state index in [1.807, 2.05) is 31.2 Å². The van der Waals surface area contributed by atoms with Gasteiger partial charge < -0.3 is 5.32 Å². The van der Waals surface area contributed by atoms with Gasteiger partial charge in [-0.15, -0.1) is 10.2 Å². The van der Waals surface area contributed by atoms with Crippen molar-refractivity contribution in [2.45, 2.75) is 65.0 Å². The van der Waals surface area contributed by atoms with E-state index in [1.54, 1.807) is 0 Å². The number of rotatable bonds is 5. The molecule has 4 aliphatic rings. The minimum Gasteiger partial charge on any atom is -0.351 e. The zero-order valence-corrected chi connectivity index (χ0v) is 16.8. The van der Waals surface area contributed by atoms with Crippen molar-refractivity contribution in [3.05, 3.63) is 29.8 Å². The van der Waals surface area contributed by atoms with E-state index in [9.17, 15) is 4.79 Å². The van der Waals surface area contributed by atoms with Crippen molar-refractivity contribution in [2.24, 2.45) is 23.2 Å². The Morgan fingerprint density at radius 2 is 1.82 bits per heavy atom. The van der Waals surface area contributed by atoms with Gasteiger partial charge in [-0.25, -0.2) is 0 Å². The van der Waals surface area contributed by atoms with Gasteiger partial charge in [-0.2, -0.15) is 4.80 Å². The summed E-state index contributed by atoms with van der Waals surface area (Å²) in [4.78, 5) is 14.1. The molecule has 6 heteroatoms. The van der Waals surface area contributed by atoms with E-state index in [2.05, 4.69) is 27.7 Å². The van der Waals surface area contributed by atoms with Gasteiger partial charge in [0.05, 0.1) is 0 Å². The van der Waals surface area contributed by atoms with Crippen molar-refractivity contribution in [1.29, 1.82) is 0 Å². The maximum atomic E-state index is 12.7. The molecule has 4 fully saturated rings. The van der Waals surface area contributed by atoms with Gasteiger partial charge in [0.1, 0.15) is 6.54 Å². The number of nitrogens with zero attached hydrogens (tertiary/aromatic N) is 4. The molecule has 0 radical (unpaired) electrons. The monoisotopic (exact) mass is 379 g/mol. The number of carbonyl (C=O) groups is 1. The number of tetrazole rings is 1. The molecule has 148 valence electrons. The number of aryl methyl sites for hydroxylation is 1. The first-order valence-corrected chi connectivity index (χ1v) is 10.6. The lowest BCUT2D eigenvalue weighted by atomic mass is 9.48. The fraction of sp³-hybridized carbons (Fsp3) is 0.636. The van der Waals surface area contributed by atoms with Crippen LogP contribution in [-0.4, -0.2) is 32.2 Å². The Balaban J connectivity index is 1.24. The minimum atomic E-state index is -0.0167. The molecule has 1 aromatic carbocycles. The van der Waals surface area contributed by atoms with E-state index >= 15 is 0 Å². The highest BCUT2D eigenvalue weighted by Gasteiger charge is 2.53. The van der Waals surface area contributed by atoms with Gasteiger partial charge in [0, 0.05) is 11.6 Å². The molecule has 2 aromatic rings. The summed E-state index contributed by atoms with van der Waals surface area (Å²) in [6.45, 7) is 4.35. The largest absolute Gasteiger partial charge is 0.351 e. The summed E-state index contributed by atoms with van der Waals surface area (Å²) in [6, 6.07) is 8.17. The standard InChI is InChI=1S/C22H29N5O/c1-14-5-3-4-6-19(14)21-24-26-27(25-21)13-20(28)23-15(2)22-10-16-7-17(11-22)9-18(8-16)12-22/h3-6,15-18H,7-13H2,1-2H3,(H,23,28)/t15-,16?,17?,18?,22?/m0/s1. The quantitative estimate of drug-likeness (QED) is 0.864. The third-order valence-corrected chi connectivity index (χ3v) is 7.51. The van der Waals surface area contributed by atoms with Gasteiger partial charge in [0.15, 0.2) is 0 Å². The molecule has 1 N–H and O–H groups in total. The van der Waals surface area contributed by atoms with Crippen LogP contribution in [0.2, 0.25) is 0 Å². The molecule has 0 unspecified atom stereocenters. The maximum absolute atomic E-state index is 12.7. The molecule has 4 saturated carbocycles. The fourth-order valence-electron chi connectivity index (χ4n) is 6.52. The average Bonchev–Trinajstić information content (AvgIpc) is 3.09. The number of nitrogens with one attached hydrogen (secondary N) is 1. The van der Waals surface area contributed by atoms with Crippen LogP contribution in [-0.2, 0) is 11.3 Å². The molecule has 6 rings (SSSR count). The lowest BCUT2D eigenvalue weighted by Gasteiger charge is -2.59. The molecular weight excluding hydrogens is 350 g/mol. The van der Waals surface area contributed by atoms with Crippen LogP contribution in [0.1, 0.15) is 51.0 Å². The van der Waals surface area contributed by atoms with E-state index in [0.717, 1.165) is 28.9 Å². The Hall–Kier alpha value is -2.24. The van der Waals surface area contributed by atoms with E-state index in [0.29, 0.717) is 11.2 Å². The number of amides is 1. The van der Waals surface area contributed by atoms with Crippen molar-refractivity contribution in [3.63, 3.8) is 0 Å². The molecule has 1 aromatic heterocycles. The molecule has 6 nitrogen and oxygen atoms in total. The van der Waals surface area contributed by atoms with E-state index in [-0.39, 0.29) is 18.5 Å². The van der Waals surface area contributed by atoms with Crippen LogP contribution in [0.5, 0.6) is 0 Å². The summed E-state index contributed by atoms with van der Waals surface area (Å²) in [7, 11) is 0. The minimum absolute atomic E-state index is 0.0167. The SMILES string of the molecule is Cc1ccccc1-c1nnn(CC(=O)N[C@@H](C)C23CC4CC(CC(C4)C2)C3)n1. The second-order valence-corrected chi connectivity index (χ2v) is 9.53. The molecule has 1 atom stereocenters. The predicted molar refractivity (Wildman–Crippen MR) is 106 cm³/mol. The molecule has 1 amide bonds. The molecule has 0 spiro atoms. The summed E-state index contributed by atoms with van der Waals surface area (Å²) < 4.78 is 0. The lowest BCUT2D eigenvalue weighted by molar-refractivity contribution is -0.126. The first-order valence-electron chi connectivity index (χ1n) is 10.6. The molecule has 4 aliphatic carbocycles. The number of benzene rings is 1. The zero-order chi connectivity index (χ0) is 19.3. The van der Waals surface area contributed by atoms with E-state index in [4.69, 9.17) is 0 Å². The van der Waals surface area contributed by atoms with Gasteiger partial charge >= 0.3 is 0 Å². The molecule has 0 aliphatic heterocycles.